The van der Waals surface area contributed by atoms with Crippen LogP contribution in [-0.4, -0.2) is 27.5 Å². The van der Waals surface area contributed by atoms with Gasteiger partial charge in [0.25, 0.3) is 5.88 Å². The van der Waals surface area contributed by atoms with Crippen molar-refractivity contribution < 1.29 is 9.66 Å². The second-order valence-electron chi connectivity index (χ2n) is 3.73. The highest BCUT2D eigenvalue weighted by Gasteiger charge is 2.27. The molecule has 0 amide bonds. The van der Waals surface area contributed by atoms with Gasteiger partial charge >= 0.3 is 5.69 Å². The van der Waals surface area contributed by atoms with Gasteiger partial charge in [-0.25, -0.2) is 4.98 Å². The van der Waals surface area contributed by atoms with Gasteiger partial charge in [0.05, 0.1) is 17.6 Å². The van der Waals surface area contributed by atoms with Crippen molar-refractivity contribution in [3.8, 4) is 18.2 Å². The molecule has 0 fully saturated rings. The van der Waals surface area contributed by atoms with E-state index in [1.165, 1.54) is 13.4 Å². The largest absolute Gasteiger partial charge is 0.476 e. The Hall–Kier alpha value is -2.36. The van der Waals surface area contributed by atoms with Crippen molar-refractivity contribution in [2.75, 3.05) is 12.4 Å². The summed E-state index contributed by atoms with van der Waals surface area (Å²) >= 11 is 0. The van der Waals surface area contributed by atoms with Crippen LogP contribution >= 0.6 is 0 Å². The Bertz CT molecular complexity index is 479. The molecule has 1 rings (SSSR count). The Balaban J connectivity index is 3.25. The number of hydrogen-bond donors (Lipinski definition) is 1. The highest BCUT2D eigenvalue weighted by Crippen LogP contribution is 2.31. The number of terminal acetylenes is 1. The molecule has 1 heterocycles. The van der Waals surface area contributed by atoms with E-state index in [4.69, 9.17) is 11.2 Å². The lowest BCUT2D eigenvalue weighted by Gasteiger charge is -2.19. The zero-order chi connectivity index (χ0) is 13.1. The molecule has 0 aliphatic heterocycles. The molecule has 1 aromatic rings. The number of nitro groups is 1. The van der Waals surface area contributed by atoms with Crippen LogP contribution in [0.15, 0.2) is 6.33 Å². The maximum atomic E-state index is 10.9. The molecule has 1 N–H and O–H groups in total. The van der Waals surface area contributed by atoms with Crippen molar-refractivity contribution in [3.05, 3.63) is 16.4 Å². The van der Waals surface area contributed by atoms with Crippen LogP contribution in [0.1, 0.15) is 13.8 Å². The zero-order valence-electron chi connectivity index (χ0n) is 9.72. The third kappa shape index (κ3) is 2.81. The lowest BCUT2D eigenvalue weighted by molar-refractivity contribution is -0.385. The molecule has 0 radical (unpaired) electrons. The van der Waals surface area contributed by atoms with Crippen LogP contribution in [0.25, 0.3) is 0 Å². The molecule has 0 bridgehead atoms. The normalized spacial score (nSPS) is 10.5. The number of rotatable bonds is 4. The van der Waals surface area contributed by atoms with Crippen LogP contribution in [0.3, 0.4) is 0 Å². The maximum Gasteiger partial charge on any atom is 0.372 e. The molecular formula is C10H12N4O3. The first-order chi connectivity index (χ1) is 7.91. The van der Waals surface area contributed by atoms with Crippen molar-refractivity contribution in [1.82, 2.24) is 9.97 Å². The van der Waals surface area contributed by atoms with E-state index < -0.39 is 10.5 Å². The van der Waals surface area contributed by atoms with Crippen molar-refractivity contribution in [3.63, 3.8) is 0 Å². The molecule has 17 heavy (non-hydrogen) atoms. The lowest BCUT2D eigenvalue weighted by atomic mass is 10.1. The summed E-state index contributed by atoms with van der Waals surface area (Å²) in [4.78, 5) is 17.8. The van der Waals surface area contributed by atoms with Gasteiger partial charge in [-0.15, -0.1) is 6.42 Å². The Kier molecular flexibility index (Phi) is 3.48. The Labute approximate surface area is 98.4 Å². The van der Waals surface area contributed by atoms with Crippen LogP contribution in [-0.2, 0) is 0 Å². The molecule has 0 aromatic carbocycles. The van der Waals surface area contributed by atoms with E-state index in [-0.39, 0.29) is 17.4 Å². The smallest absolute Gasteiger partial charge is 0.372 e. The van der Waals surface area contributed by atoms with Gasteiger partial charge in [0.2, 0.25) is 5.82 Å². The first-order valence-corrected chi connectivity index (χ1v) is 4.70. The zero-order valence-corrected chi connectivity index (χ0v) is 9.72. The predicted octanol–water partition coefficient (Wildman–Crippen LogP) is 1.22. The fraction of sp³-hybridized carbons (Fsp3) is 0.400. The molecule has 0 spiro atoms. The molecule has 90 valence electrons. The van der Waals surface area contributed by atoms with Gasteiger partial charge in [0, 0.05) is 0 Å². The first kappa shape index (κ1) is 12.7. The van der Waals surface area contributed by atoms with E-state index in [1.54, 1.807) is 13.8 Å². The Morgan fingerprint density at radius 2 is 2.24 bits per heavy atom. The highest BCUT2D eigenvalue weighted by atomic mass is 16.6. The van der Waals surface area contributed by atoms with E-state index in [1.807, 2.05) is 0 Å². The summed E-state index contributed by atoms with van der Waals surface area (Å²) in [5.41, 5.74) is -1.09. The second kappa shape index (κ2) is 4.65. The van der Waals surface area contributed by atoms with E-state index in [0.717, 1.165) is 0 Å². The summed E-state index contributed by atoms with van der Waals surface area (Å²) in [6, 6.07) is 0. The minimum absolute atomic E-state index is 0.0322. The van der Waals surface area contributed by atoms with Gasteiger partial charge in [0.15, 0.2) is 0 Å². The van der Waals surface area contributed by atoms with Gasteiger partial charge in [-0.3, -0.25) is 10.1 Å². The van der Waals surface area contributed by atoms with Crippen molar-refractivity contribution in [2.45, 2.75) is 19.4 Å². The van der Waals surface area contributed by atoms with Crippen LogP contribution in [0.5, 0.6) is 5.88 Å². The van der Waals surface area contributed by atoms with Crippen LogP contribution in [0.4, 0.5) is 11.5 Å². The molecular weight excluding hydrogens is 224 g/mol. The Morgan fingerprint density at radius 3 is 2.71 bits per heavy atom. The second-order valence-corrected chi connectivity index (χ2v) is 3.73. The Morgan fingerprint density at radius 1 is 1.59 bits per heavy atom. The molecule has 0 saturated heterocycles. The van der Waals surface area contributed by atoms with E-state index in [2.05, 4.69) is 21.2 Å². The standard InChI is InChI=1S/C10H12N4O3/c1-5-10(2,3)13-8-7(14(15)16)9(17-4)12-6-11-8/h1,6H,2-4H3,(H,11,12,13). The summed E-state index contributed by atoms with van der Waals surface area (Å²) in [6.07, 6.45) is 6.46. The molecule has 7 nitrogen and oxygen atoms in total. The molecule has 1 aromatic heterocycles. The van der Waals surface area contributed by atoms with E-state index in [9.17, 15) is 10.1 Å². The monoisotopic (exact) mass is 236 g/mol. The number of nitrogens with zero attached hydrogens (tertiary/aromatic N) is 3. The van der Waals surface area contributed by atoms with E-state index in [0.29, 0.717) is 0 Å². The van der Waals surface area contributed by atoms with Crippen LogP contribution in [0, 0.1) is 22.5 Å². The van der Waals surface area contributed by atoms with Crippen molar-refractivity contribution >= 4 is 11.5 Å². The highest BCUT2D eigenvalue weighted by molar-refractivity contribution is 5.62. The summed E-state index contributed by atoms with van der Waals surface area (Å²) in [6.45, 7) is 3.40. The van der Waals surface area contributed by atoms with Gasteiger partial charge in [-0.05, 0) is 13.8 Å². The first-order valence-electron chi connectivity index (χ1n) is 4.70. The SMILES string of the molecule is C#CC(C)(C)Nc1ncnc(OC)c1[N+](=O)[O-]. The molecule has 0 saturated carbocycles. The summed E-state index contributed by atoms with van der Waals surface area (Å²) in [7, 11) is 1.30. The molecule has 0 atom stereocenters. The number of hydrogen-bond acceptors (Lipinski definition) is 6. The molecule has 0 aliphatic carbocycles. The lowest BCUT2D eigenvalue weighted by Crippen LogP contribution is -2.29. The fourth-order valence-corrected chi connectivity index (χ4v) is 1.10. The van der Waals surface area contributed by atoms with Crippen molar-refractivity contribution in [2.24, 2.45) is 0 Å². The fourth-order valence-electron chi connectivity index (χ4n) is 1.10. The van der Waals surface area contributed by atoms with Gasteiger partial charge in [0.1, 0.15) is 6.33 Å². The number of methoxy groups -OCH3 is 1. The van der Waals surface area contributed by atoms with Gasteiger partial charge < -0.3 is 10.1 Å². The summed E-state index contributed by atoms with van der Waals surface area (Å²) in [5, 5.41) is 13.7. The topological polar surface area (TPSA) is 90.2 Å². The third-order valence-corrected chi connectivity index (χ3v) is 1.96. The number of nitrogens with one attached hydrogen (secondary N) is 1. The average molecular weight is 236 g/mol. The number of ether oxygens (including phenoxy) is 1. The maximum absolute atomic E-state index is 10.9. The molecule has 0 unspecified atom stereocenters. The summed E-state index contributed by atoms with van der Waals surface area (Å²) in [5.74, 6) is 2.38. The van der Waals surface area contributed by atoms with Gasteiger partial charge in [-0.1, -0.05) is 5.92 Å². The van der Waals surface area contributed by atoms with Crippen LogP contribution in [0.2, 0.25) is 0 Å². The van der Waals surface area contributed by atoms with E-state index >= 15 is 0 Å². The quantitative estimate of drug-likeness (QED) is 0.480. The minimum Gasteiger partial charge on any atom is -0.476 e. The third-order valence-electron chi connectivity index (χ3n) is 1.96. The van der Waals surface area contributed by atoms with Crippen molar-refractivity contribution in [1.29, 1.82) is 0 Å². The number of aromatic nitrogens is 2. The average Bonchev–Trinajstić information content (AvgIpc) is 2.27. The summed E-state index contributed by atoms with van der Waals surface area (Å²) < 4.78 is 4.81. The molecule has 7 heteroatoms. The van der Waals surface area contributed by atoms with Gasteiger partial charge in [-0.2, -0.15) is 4.98 Å². The van der Waals surface area contributed by atoms with Crippen LogP contribution < -0.4 is 10.1 Å². The number of anilines is 1. The minimum atomic E-state index is -0.760. The predicted molar refractivity (Wildman–Crippen MR) is 61.8 cm³/mol. The molecule has 0 aliphatic rings.